The molecule has 1 aromatic rings. The van der Waals surface area contributed by atoms with Gasteiger partial charge in [0.05, 0.1) is 0 Å². The Morgan fingerprint density at radius 3 is 1.86 bits per heavy atom. The van der Waals surface area contributed by atoms with Gasteiger partial charge in [0.2, 0.25) is 17.6 Å². The van der Waals surface area contributed by atoms with Gasteiger partial charge in [-0.05, 0) is 38.2 Å². The van der Waals surface area contributed by atoms with E-state index in [1.807, 2.05) is 19.9 Å². The summed E-state index contributed by atoms with van der Waals surface area (Å²) in [6.07, 6.45) is -0.546. The third-order valence-corrected chi connectivity index (χ3v) is 5.55. The smallest absolute Gasteiger partial charge is 0.404 e. The van der Waals surface area contributed by atoms with Crippen LogP contribution in [0.3, 0.4) is 0 Å². The summed E-state index contributed by atoms with van der Waals surface area (Å²) in [4.78, 5) is 61.4. The first-order chi connectivity index (χ1) is 16.8. The standard InChI is InChI=1S/C26H40N4O6/c1-16(2)15-30(25(34)22(31)14-21-10-8-7-9-11-21)29-24(33)18(4)13-19(5)27-23(32)17(3)12-20(6)28-26(35)36/h7-11,16-20,28H,12-15H2,1-6H3,(H,27,32)(H,29,33)(H,35,36)/t17-,18-,19-,20?/m0/s1. The van der Waals surface area contributed by atoms with Crippen molar-refractivity contribution in [1.29, 1.82) is 0 Å². The van der Waals surface area contributed by atoms with Crippen molar-refractivity contribution >= 4 is 29.6 Å². The largest absolute Gasteiger partial charge is 0.465 e. The van der Waals surface area contributed by atoms with Crippen LogP contribution in [0.2, 0.25) is 0 Å². The van der Waals surface area contributed by atoms with Crippen molar-refractivity contribution in [3.05, 3.63) is 35.9 Å². The third-order valence-electron chi connectivity index (χ3n) is 5.55. The monoisotopic (exact) mass is 504 g/mol. The Morgan fingerprint density at radius 1 is 0.806 bits per heavy atom. The number of nitrogens with zero attached hydrogens (tertiary/aromatic N) is 1. The fourth-order valence-corrected chi connectivity index (χ4v) is 3.78. The minimum atomic E-state index is -1.14. The Balaban J connectivity index is 2.67. The van der Waals surface area contributed by atoms with Crippen molar-refractivity contribution in [2.75, 3.05) is 6.54 Å². The van der Waals surface area contributed by atoms with E-state index < -0.39 is 35.5 Å². The van der Waals surface area contributed by atoms with E-state index in [-0.39, 0.29) is 36.9 Å². The average Bonchev–Trinajstić information content (AvgIpc) is 2.77. The quantitative estimate of drug-likeness (QED) is 0.240. The van der Waals surface area contributed by atoms with Crippen LogP contribution in [0.1, 0.15) is 59.9 Å². The number of rotatable bonds is 13. The lowest BCUT2D eigenvalue weighted by Crippen LogP contribution is -2.52. The van der Waals surface area contributed by atoms with Crippen LogP contribution in [0.5, 0.6) is 0 Å². The van der Waals surface area contributed by atoms with E-state index in [0.29, 0.717) is 18.4 Å². The number of hydrazine groups is 1. The molecule has 0 saturated heterocycles. The summed E-state index contributed by atoms with van der Waals surface area (Å²) in [5.41, 5.74) is 3.30. The van der Waals surface area contributed by atoms with E-state index in [4.69, 9.17) is 5.11 Å². The molecule has 0 aliphatic heterocycles. The first-order valence-corrected chi connectivity index (χ1v) is 12.3. The summed E-state index contributed by atoms with van der Waals surface area (Å²) in [6, 6.07) is 8.21. The predicted molar refractivity (Wildman–Crippen MR) is 136 cm³/mol. The highest BCUT2D eigenvalue weighted by Gasteiger charge is 2.27. The number of amides is 4. The number of hydrogen-bond acceptors (Lipinski definition) is 5. The maximum absolute atomic E-state index is 12.8. The summed E-state index contributed by atoms with van der Waals surface area (Å²) in [7, 11) is 0. The molecule has 1 rings (SSSR count). The highest BCUT2D eigenvalue weighted by atomic mass is 16.4. The predicted octanol–water partition coefficient (Wildman–Crippen LogP) is 2.53. The molecule has 0 saturated carbocycles. The van der Waals surface area contributed by atoms with Crippen molar-refractivity contribution in [3.63, 3.8) is 0 Å². The van der Waals surface area contributed by atoms with Crippen LogP contribution in [0.4, 0.5) is 4.79 Å². The molecular formula is C26H40N4O6. The van der Waals surface area contributed by atoms with Gasteiger partial charge in [0.15, 0.2) is 0 Å². The SMILES string of the molecule is CC(C)CN(NC(=O)[C@@H](C)C[C@H](C)NC(=O)[C@@H](C)CC(C)NC(=O)O)C(=O)C(=O)Cc1ccccc1. The Hall–Kier alpha value is -3.43. The van der Waals surface area contributed by atoms with E-state index in [2.05, 4.69) is 16.1 Å². The lowest BCUT2D eigenvalue weighted by atomic mass is 9.99. The van der Waals surface area contributed by atoms with Gasteiger partial charge < -0.3 is 15.7 Å². The van der Waals surface area contributed by atoms with Gasteiger partial charge in [0.1, 0.15) is 0 Å². The van der Waals surface area contributed by atoms with Crippen LogP contribution in [-0.4, -0.2) is 58.3 Å². The molecule has 10 nitrogen and oxygen atoms in total. The van der Waals surface area contributed by atoms with Crippen molar-refractivity contribution in [2.24, 2.45) is 17.8 Å². The van der Waals surface area contributed by atoms with Crippen LogP contribution in [0, 0.1) is 17.8 Å². The topological polar surface area (TPSA) is 145 Å². The van der Waals surface area contributed by atoms with Gasteiger partial charge in [-0.3, -0.25) is 24.6 Å². The average molecular weight is 505 g/mol. The fourth-order valence-electron chi connectivity index (χ4n) is 3.78. The molecule has 0 aliphatic carbocycles. The Kier molecular flexibility index (Phi) is 12.6. The maximum Gasteiger partial charge on any atom is 0.404 e. The molecular weight excluding hydrogens is 464 g/mol. The normalized spacial score (nSPS) is 14.2. The van der Waals surface area contributed by atoms with Crippen LogP contribution < -0.4 is 16.1 Å². The van der Waals surface area contributed by atoms with E-state index in [1.165, 1.54) is 0 Å². The van der Waals surface area contributed by atoms with Crippen LogP contribution in [-0.2, 0) is 25.6 Å². The highest BCUT2D eigenvalue weighted by Crippen LogP contribution is 2.11. The first kappa shape index (κ1) is 30.6. The Labute approximate surface area is 213 Å². The molecule has 1 aromatic carbocycles. The van der Waals surface area contributed by atoms with Crippen molar-refractivity contribution in [1.82, 2.24) is 21.1 Å². The maximum atomic E-state index is 12.8. The zero-order valence-electron chi connectivity index (χ0n) is 22.0. The summed E-state index contributed by atoms with van der Waals surface area (Å²) in [6.45, 7) is 10.8. The molecule has 36 heavy (non-hydrogen) atoms. The van der Waals surface area contributed by atoms with Crippen molar-refractivity contribution in [2.45, 2.75) is 72.9 Å². The summed E-state index contributed by atoms with van der Waals surface area (Å²) in [5.74, 6) is -3.00. The minimum Gasteiger partial charge on any atom is -0.465 e. The number of carbonyl (C=O) groups is 5. The van der Waals surface area contributed by atoms with Crippen molar-refractivity contribution < 1.29 is 29.1 Å². The molecule has 4 atom stereocenters. The molecule has 0 spiro atoms. The number of ketones is 1. The molecule has 0 aromatic heterocycles. The number of carbonyl (C=O) groups excluding carboxylic acids is 4. The zero-order chi connectivity index (χ0) is 27.4. The lowest BCUT2D eigenvalue weighted by molar-refractivity contribution is -0.150. The molecule has 0 aliphatic rings. The molecule has 0 heterocycles. The number of hydrogen-bond donors (Lipinski definition) is 4. The molecule has 4 N–H and O–H groups in total. The highest BCUT2D eigenvalue weighted by molar-refractivity contribution is 6.36. The molecule has 10 heteroatoms. The Bertz CT molecular complexity index is 905. The molecule has 4 amide bonds. The first-order valence-electron chi connectivity index (χ1n) is 12.3. The minimum absolute atomic E-state index is 0.0202. The number of benzene rings is 1. The van der Waals surface area contributed by atoms with Gasteiger partial charge in [-0.1, -0.05) is 58.0 Å². The molecule has 0 bridgehead atoms. The van der Waals surface area contributed by atoms with E-state index in [0.717, 1.165) is 5.01 Å². The fraction of sp³-hybridized carbons (Fsp3) is 0.577. The second-order valence-electron chi connectivity index (χ2n) is 9.90. The van der Waals surface area contributed by atoms with Gasteiger partial charge in [-0.15, -0.1) is 0 Å². The molecule has 0 radical (unpaired) electrons. The number of nitrogens with one attached hydrogen (secondary N) is 3. The van der Waals surface area contributed by atoms with Crippen LogP contribution in [0.15, 0.2) is 30.3 Å². The molecule has 0 fully saturated rings. The lowest BCUT2D eigenvalue weighted by Gasteiger charge is -2.27. The van der Waals surface area contributed by atoms with E-state index in [1.54, 1.807) is 52.0 Å². The number of Topliss-reactive ketones (excluding diaryl/α,β-unsaturated/α-hetero) is 1. The summed E-state index contributed by atoms with van der Waals surface area (Å²) < 4.78 is 0. The zero-order valence-corrected chi connectivity index (χ0v) is 22.0. The van der Waals surface area contributed by atoms with Gasteiger partial charge in [-0.2, -0.15) is 0 Å². The third kappa shape index (κ3) is 11.3. The van der Waals surface area contributed by atoms with Crippen LogP contribution in [0.25, 0.3) is 0 Å². The Morgan fingerprint density at radius 2 is 1.33 bits per heavy atom. The molecule has 200 valence electrons. The van der Waals surface area contributed by atoms with Gasteiger partial charge in [-0.25, -0.2) is 9.80 Å². The van der Waals surface area contributed by atoms with Gasteiger partial charge in [0, 0.05) is 36.9 Å². The van der Waals surface area contributed by atoms with Crippen molar-refractivity contribution in [3.8, 4) is 0 Å². The summed E-state index contributed by atoms with van der Waals surface area (Å²) in [5, 5.41) is 15.0. The number of carboxylic acid groups (broad SMARTS) is 1. The van der Waals surface area contributed by atoms with Gasteiger partial charge >= 0.3 is 12.0 Å². The summed E-state index contributed by atoms with van der Waals surface area (Å²) >= 11 is 0. The van der Waals surface area contributed by atoms with Gasteiger partial charge in [0.25, 0.3) is 0 Å². The second kappa shape index (κ2) is 14.9. The van der Waals surface area contributed by atoms with E-state index in [9.17, 15) is 24.0 Å². The molecule has 1 unspecified atom stereocenters. The second-order valence-corrected chi connectivity index (χ2v) is 9.90. The van der Waals surface area contributed by atoms with E-state index >= 15 is 0 Å². The van der Waals surface area contributed by atoms with Crippen LogP contribution >= 0.6 is 0 Å².